The van der Waals surface area contributed by atoms with Gasteiger partial charge in [-0.1, -0.05) is 28.1 Å². The maximum atomic E-state index is 11.8. The quantitative estimate of drug-likeness (QED) is 0.542. The van der Waals surface area contributed by atoms with Gasteiger partial charge in [0.25, 0.3) is 0 Å². The number of halogens is 1. The van der Waals surface area contributed by atoms with Crippen LogP contribution in [0.1, 0.15) is 5.56 Å². The Morgan fingerprint density at radius 3 is 2.65 bits per heavy atom. The normalized spacial score (nSPS) is 11.1. The van der Waals surface area contributed by atoms with Crippen molar-refractivity contribution >= 4 is 26.9 Å². The molecule has 0 aliphatic heterocycles. The summed E-state index contributed by atoms with van der Waals surface area (Å²) in [7, 11) is 3.61. The van der Waals surface area contributed by atoms with Crippen LogP contribution in [0.3, 0.4) is 0 Å². The summed E-state index contributed by atoms with van der Waals surface area (Å²) in [6.45, 7) is 1.84. The number of para-hydroxylation sites is 2. The van der Waals surface area contributed by atoms with E-state index < -0.39 is 0 Å². The Labute approximate surface area is 160 Å². The van der Waals surface area contributed by atoms with Gasteiger partial charge >= 0.3 is 5.63 Å². The Balaban J connectivity index is 1.66. The van der Waals surface area contributed by atoms with Crippen LogP contribution in [0.15, 0.2) is 62.2 Å². The van der Waals surface area contributed by atoms with E-state index in [2.05, 4.69) is 20.8 Å². The van der Waals surface area contributed by atoms with Gasteiger partial charge in [-0.05, 0) is 42.9 Å². The number of hydrogen-bond acceptors (Lipinski definition) is 5. The Morgan fingerprint density at radius 2 is 1.88 bits per heavy atom. The number of benzene rings is 2. The number of fused-ring (bicyclic) bond motifs is 1. The van der Waals surface area contributed by atoms with Crippen LogP contribution >= 0.6 is 15.9 Å². The molecule has 0 fully saturated rings. The molecule has 0 saturated heterocycles. The lowest BCUT2D eigenvalue weighted by molar-refractivity contribution is 0.226. The smallest absolute Gasteiger partial charge is 0.336 e. The first-order valence-electron chi connectivity index (χ1n) is 8.23. The van der Waals surface area contributed by atoms with Gasteiger partial charge in [0, 0.05) is 29.0 Å². The molecule has 0 amide bonds. The summed E-state index contributed by atoms with van der Waals surface area (Å²) in [6.07, 6.45) is 0. The minimum Gasteiger partial charge on any atom is -0.493 e. The molecule has 1 aromatic heterocycles. The van der Waals surface area contributed by atoms with Crippen molar-refractivity contribution in [2.75, 3.05) is 27.3 Å². The predicted octanol–water partition coefficient (Wildman–Crippen LogP) is 4.07. The fourth-order valence-electron chi connectivity index (χ4n) is 2.75. The number of ether oxygens (including phenoxy) is 2. The zero-order valence-electron chi connectivity index (χ0n) is 14.7. The second-order valence-corrected chi connectivity index (χ2v) is 6.88. The van der Waals surface area contributed by atoms with E-state index in [4.69, 9.17) is 13.9 Å². The highest BCUT2D eigenvalue weighted by atomic mass is 79.9. The largest absolute Gasteiger partial charge is 0.493 e. The Morgan fingerprint density at radius 1 is 1.12 bits per heavy atom. The molecule has 0 atom stereocenters. The van der Waals surface area contributed by atoms with Gasteiger partial charge in [-0.15, -0.1) is 0 Å². The molecule has 0 spiro atoms. The molecule has 0 radical (unpaired) electrons. The van der Waals surface area contributed by atoms with E-state index in [-0.39, 0.29) is 5.63 Å². The molecule has 0 aliphatic rings. The van der Waals surface area contributed by atoms with Crippen molar-refractivity contribution in [3.63, 3.8) is 0 Å². The van der Waals surface area contributed by atoms with E-state index in [1.165, 1.54) is 0 Å². The summed E-state index contributed by atoms with van der Waals surface area (Å²) in [4.78, 5) is 13.9. The molecular formula is C20H20BrNO4. The average molecular weight is 418 g/mol. The first kappa shape index (κ1) is 18.5. The summed E-state index contributed by atoms with van der Waals surface area (Å²) in [5.41, 5.74) is 1.17. The molecule has 0 saturated carbocycles. The third-order valence-electron chi connectivity index (χ3n) is 4.03. The minimum atomic E-state index is -0.343. The van der Waals surface area contributed by atoms with Gasteiger partial charge in [-0.25, -0.2) is 4.79 Å². The van der Waals surface area contributed by atoms with Crippen LogP contribution in [0.5, 0.6) is 11.5 Å². The van der Waals surface area contributed by atoms with Crippen LogP contribution < -0.4 is 15.1 Å². The van der Waals surface area contributed by atoms with Crippen molar-refractivity contribution in [3.05, 3.63) is 69.0 Å². The highest BCUT2D eigenvalue weighted by Gasteiger charge is 2.09. The van der Waals surface area contributed by atoms with Crippen LogP contribution in [0.25, 0.3) is 11.0 Å². The Hall–Kier alpha value is -2.31. The molecule has 3 rings (SSSR count). The summed E-state index contributed by atoms with van der Waals surface area (Å²) >= 11 is 3.40. The fraction of sp³-hybridized carbons (Fsp3) is 0.250. The van der Waals surface area contributed by atoms with Gasteiger partial charge in [0.2, 0.25) is 0 Å². The van der Waals surface area contributed by atoms with Crippen molar-refractivity contribution in [2.24, 2.45) is 0 Å². The van der Waals surface area contributed by atoms with Gasteiger partial charge < -0.3 is 13.9 Å². The summed E-state index contributed by atoms with van der Waals surface area (Å²) in [5, 5.41) is 0.935. The highest BCUT2D eigenvalue weighted by Crippen LogP contribution is 2.26. The van der Waals surface area contributed by atoms with Gasteiger partial charge in [0.05, 0.1) is 7.11 Å². The van der Waals surface area contributed by atoms with E-state index in [0.29, 0.717) is 31.0 Å². The number of likely N-dealkylation sites (N-methyl/N-ethyl adjacent to an activating group) is 1. The first-order chi connectivity index (χ1) is 12.6. The fourth-order valence-corrected chi connectivity index (χ4v) is 3.09. The number of nitrogens with zero attached hydrogens (tertiary/aromatic N) is 1. The second kappa shape index (κ2) is 8.38. The molecule has 0 bridgehead atoms. The monoisotopic (exact) mass is 417 g/mol. The van der Waals surface area contributed by atoms with Crippen molar-refractivity contribution in [2.45, 2.75) is 6.54 Å². The van der Waals surface area contributed by atoms with Crippen molar-refractivity contribution in [3.8, 4) is 11.5 Å². The summed E-state index contributed by atoms with van der Waals surface area (Å²) < 4.78 is 17.3. The minimum absolute atomic E-state index is 0.343. The van der Waals surface area contributed by atoms with E-state index >= 15 is 0 Å². The molecule has 0 aliphatic carbocycles. The van der Waals surface area contributed by atoms with Crippen LogP contribution in [0.4, 0.5) is 0 Å². The third kappa shape index (κ3) is 4.45. The summed E-state index contributed by atoms with van der Waals surface area (Å²) in [6, 6.07) is 14.8. The third-order valence-corrected chi connectivity index (χ3v) is 4.53. The lowest BCUT2D eigenvalue weighted by Gasteiger charge is -2.18. The zero-order chi connectivity index (χ0) is 18.5. The molecule has 0 N–H and O–H groups in total. The van der Waals surface area contributed by atoms with Crippen LogP contribution in [-0.4, -0.2) is 32.2 Å². The van der Waals surface area contributed by atoms with E-state index in [1.54, 1.807) is 13.2 Å². The maximum absolute atomic E-state index is 11.8. The van der Waals surface area contributed by atoms with E-state index in [1.807, 2.05) is 49.5 Å². The zero-order valence-corrected chi connectivity index (χ0v) is 16.3. The van der Waals surface area contributed by atoms with Gasteiger partial charge in [0.1, 0.15) is 12.2 Å². The lowest BCUT2D eigenvalue weighted by Crippen LogP contribution is -2.24. The molecule has 2 aromatic carbocycles. The van der Waals surface area contributed by atoms with Gasteiger partial charge in [-0.3, -0.25) is 4.90 Å². The molecule has 0 unspecified atom stereocenters. The predicted molar refractivity (Wildman–Crippen MR) is 105 cm³/mol. The van der Waals surface area contributed by atoms with Crippen LogP contribution in [0.2, 0.25) is 0 Å². The molecule has 136 valence electrons. The van der Waals surface area contributed by atoms with Gasteiger partial charge in [0.15, 0.2) is 11.5 Å². The molecule has 5 nitrogen and oxygen atoms in total. The SMILES string of the molecule is COc1ccccc1OCCN(C)Cc1cc(=O)oc2cc(Br)ccc12. The highest BCUT2D eigenvalue weighted by molar-refractivity contribution is 9.10. The average Bonchev–Trinajstić information content (AvgIpc) is 2.61. The Kier molecular flexibility index (Phi) is 5.96. The van der Waals surface area contributed by atoms with Crippen molar-refractivity contribution in [1.82, 2.24) is 4.90 Å². The number of rotatable bonds is 7. The van der Waals surface area contributed by atoms with Crippen LogP contribution in [0, 0.1) is 0 Å². The van der Waals surface area contributed by atoms with Crippen molar-refractivity contribution in [1.29, 1.82) is 0 Å². The lowest BCUT2D eigenvalue weighted by atomic mass is 10.1. The standard InChI is InChI=1S/C20H20BrNO4/c1-22(9-10-25-18-6-4-3-5-17(18)24-2)13-14-11-20(23)26-19-12-15(21)7-8-16(14)19/h3-8,11-12H,9-10,13H2,1-2H3. The summed E-state index contributed by atoms with van der Waals surface area (Å²) in [5.74, 6) is 1.44. The topological polar surface area (TPSA) is 51.9 Å². The first-order valence-corrected chi connectivity index (χ1v) is 9.03. The maximum Gasteiger partial charge on any atom is 0.336 e. The van der Waals surface area contributed by atoms with E-state index in [0.717, 1.165) is 21.2 Å². The second-order valence-electron chi connectivity index (χ2n) is 5.97. The number of methoxy groups -OCH3 is 1. The van der Waals surface area contributed by atoms with Crippen molar-refractivity contribution < 1.29 is 13.9 Å². The van der Waals surface area contributed by atoms with E-state index in [9.17, 15) is 4.79 Å². The molecule has 26 heavy (non-hydrogen) atoms. The Bertz CT molecular complexity index is 954. The molecular weight excluding hydrogens is 398 g/mol. The van der Waals surface area contributed by atoms with Crippen LogP contribution in [-0.2, 0) is 6.54 Å². The molecule has 6 heteroatoms. The van der Waals surface area contributed by atoms with Gasteiger partial charge in [-0.2, -0.15) is 0 Å². The number of hydrogen-bond donors (Lipinski definition) is 0. The molecule has 1 heterocycles. The molecule has 3 aromatic rings.